The smallest absolute Gasteiger partial charge is 0.220 e. The molecule has 0 saturated heterocycles. The summed E-state index contributed by atoms with van der Waals surface area (Å²) < 4.78 is 5.77. The summed E-state index contributed by atoms with van der Waals surface area (Å²) in [6, 6.07) is 11.3. The van der Waals surface area contributed by atoms with Crippen molar-refractivity contribution < 1.29 is 9.21 Å². The molecule has 1 heterocycles. The van der Waals surface area contributed by atoms with Crippen LogP contribution in [0.25, 0.3) is 11.3 Å². The number of carbonyl (C=O) groups is 1. The lowest BCUT2D eigenvalue weighted by molar-refractivity contribution is -0.121. The van der Waals surface area contributed by atoms with Crippen LogP contribution >= 0.6 is 11.6 Å². The van der Waals surface area contributed by atoms with Crippen LogP contribution in [0.3, 0.4) is 0 Å². The summed E-state index contributed by atoms with van der Waals surface area (Å²) in [5.41, 5.74) is 0.978. The minimum atomic E-state index is 0.0475. The second kappa shape index (κ2) is 8.01. The summed E-state index contributed by atoms with van der Waals surface area (Å²) in [4.78, 5) is 13.8. The zero-order chi connectivity index (χ0) is 15.9. The molecule has 0 radical (unpaired) electrons. The Morgan fingerprint density at radius 3 is 2.59 bits per heavy atom. The zero-order valence-electron chi connectivity index (χ0n) is 12.9. The van der Waals surface area contributed by atoms with E-state index in [-0.39, 0.29) is 5.91 Å². The van der Waals surface area contributed by atoms with Crippen LogP contribution in [0.15, 0.2) is 40.8 Å². The number of likely N-dealkylation sites (N-methyl/N-ethyl adjacent to an activating group) is 1. The number of rotatable bonds is 7. The third-order valence-corrected chi connectivity index (χ3v) is 3.52. The Labute approximate surface area is 136 Å². The molecule has 0 atom stereocenters. The quantitative estimate of drug-likeness (QED) is 0.852. The molecule has 0 fully saturated rings. The second-order valence-corrected chi connectivity index (χ2v) is 5.86. The third-order valence-electron chi connectivity index (χ3n) is 3.27. The molecule has 0 bridgehead atoms. The van der Waals surface area contributed by atoms with Gasteiger partial charge in [-0.15, -0.1) is 0 Å². The van der Waals surface area contributed by atoms with Crippen molar-refractivity contribution in [3.63, 3.8) is 0 Å². The van der Waals surface area contributed by atoms with Crippen LogP contribution in [0, 0.1) is 0 Å². The predicted molar refractivity (Wildman–Crippen MR) is 89.0 cm³/mol. The molecule has 1 N–H and O–H groups in total. The molecule has 0 unspecified atom stereocenters. The summed E-state index contributed by atoms with van der Waals surface area (Å²) in [5, 5.41) is 3.59. The van der Waals surface area contributed by atoms with E-state index >= 15 is 0 Å². The van der Waals surface area contributed by atoms with Crippen molar-refractivity contribution in [3.05, 3.63) is 47.2 Å². The Balaban J connectivity index is 1.82. The SMILES string of the molecule is CN(C)CCNC(=O)CCc1ccc(-c2ccc(Cl)cc2)o1. The van der Waals surface area contributed by atoms with Crippen LogP contribution in [-0.2, 0) is 11.2 Å². The maximum atomic E-state index is 11.7. The van der Waals surface area contributed by atoms with Gasteiger partial charge < -0.3 is 14.6 Å². The number of carbonyl (C=O) groups excluding carboxylic acids is 1. The number of halogens is 1. The van der Waals surface area contributed by atoms with Gasteiger partial charge in [-0.1, -0.05) is 11.6 Å². The molecule has 1 aromatic carbocycles. The van der Waals surface area contributed by atoms with Crippen molar-refractivity contribution in [2.24, 2.45) is 0 Å². The number of hydrogen-bond acceptors (Lipinski definition) is 3. The van der Waals surface area contributed by atoms with Crippen LogP contribution < -0.4 is 5.32 Å². The number of nitrogens with zero attached hydrogens (tertiary/aromatic N) is 1. The number of furan rings is 1. The summed E-state index contributed by atoms with van der Waals surface area (Å²) >= 11 is 5.87. The molecule has 22 heavy (non-hydrogen) atoms. The average Bonchev–Trinajstić information content (AvgIpc) is 2.94. The maximum absolute atomic E-state index is 11.7. The molecule has 0 saturated carbocycles. The molecule has 5 heteroatoms. The van der Waals surface area contributed by atoms with Crippen molar-refractivity contribution in [3.8, 4) is 11.3 Å². The number of aryl methyl sites for hydroxylation is 1. The van der Waals surface area contributed by atoms with E-state index in [0.717, 1.165) is 23.6 Å². The number of amides is 1. The third kappa shape index (κ3) is 5.20. The molecular formula is C17H21ClN2O2. The molecule has 118 valence electrons. The molecule has 0 spiro atoms. The highest BCUT2D eigenvalue weighted by atomic mass is 35.5. The number of benzene rings is 1. The standard InChI is InChI=1S/C17H21ClN2O2/c1-20(2)12-11-19-17(21)10-8-15-7-9-16(22-15)13-3-5-14(18)6-4-13/h3-7,9H,8,10-12H2,1-2H3,(H,19,21). The van der Waals surface area contributed by atoms with Gasteiger partial charge in [0.2, 0.25) is 5.91 Å². The molecule has 4 nitrogen and oxygen atoms in total. The Hall–Kier alpha value is -1.78. The minimum absolute atomic E-state index is 0.0475. The molecule has 1 aromatic heterocycles. The highest BCUT2D eigenvalue weighted by molar-refractivity contribution is 6.30. The monoisotopic (exact) mass is 320 g/mol. The lowest BCUT2D eigenvalue weighted by Gasteiger charge is -2.09. The Morgan fingerprint density at radius 2 is 1.91 bits per heavy atom. The van der Waals surface area contributed by atoms with Gasteiger partial charge in [0.1, 0.15) is 11.5 Å². The Kier molecular flexibility index (Phi) is 6.04. The first-order chi connectivity index (χ1) is 10.5. The van der Waals surface area contributed by atoms with E-state index in [0.29, 0.717) is 24.4 Å². The molecular weight excluding hydrogens is 300 g/mol. The van der Waals surface area contributed by atoms with Gasteiger partial charge in [0.25, 0.3) is 0 Å². The van der Waals surface area contributed by atoms with E-state index in [9.17, 15) is 4.79 Å². The van der Waals surface area contributed by atoms with E-state index in [4.69, 9.17) is 16.0 Å². The van der Waals surface area contributed by atoms with Crippen molar-refractivity contribution in [2.45, 2.75) is 12.8 Å². The van der Waals surface area contributed by atoms with Crippen molar-refractivity contribution in [2.75, 3.05) is 27.2 Å². The lowest BCUT2D eigenvalue weighted by Crippen LogP contribution is -2.31. The number of hydrogen-bond donors (Lipinski definition) is 1. The first kappa shape index (κ1) is 16.6. The maximum Gasteiger partial charge on any atom is 0.220 e. The van der Waals surface area contributed by atoms with Crippen LogP contribution in [-0.4, -0.2) is 38.0 Å². The van der Waals surface area contributed by atoms with E-state index in [1.807, 2.05) is 55.4 Å². The number of nitrogens with one attached hydrogen (secondary N) is 1. The molecule has 0 aliphatic rings. The first-order valence-corrected chi connectivity index (χ1v) is 7.68. The van der Waals surface area contributed by atoms with Crippen LogP contribution in [0.4, 0.5) is 0 Å². The van der Waals surface area contributed by atoms with Crippen molar-refractivity contribution >= 4 is 17.5 Å². The van der Waals surface area contributed by atoms with E-state index < -0.39 is 0 Å². The Morgan fingerprint density at radius 1 is 1.18 bits per heavy atom. The van der Waals surface area contributed by atoms with Gasteiger partial charge in [-0.05, 0) is 50.5 Å². The molecule has 0 aliphatic heterocycles. The van der Waals surface area contributed by atoms with E-state index in [1.165, 1.54) is 0 Å². The van der Waals surface area contributed by atoms with E-state index in [2.05, 4.69) is 5.32 Å². The van der Waals surface area contributed by atoms with Gasteiger partial charge in [-0.25, -0.2) is 0 Å². The average molecular weight is 321 g/mol. The largest absolute Gasteiger partial charge is 0.461 e. The zero-order valence-corrected chi connectivity index (χ0v) is 13.7. The minimum Gasteiger partial charge on any atom is -0.461 e. The molecule has 2 rings (SSSR count). The van der Waals surface area contributed by atoms with Gasteiger partial charge >= 0.3 is 0 Å². The summed E-state index contributed by atoms with van der Waals surface area (Å²) in [6.07, 6.45) is 1.03. The highest BCUT2D eigenvalue weighted by Crippen LogP contribution is 2.24. The van der Waals surface area contributed by atoms with Crippen LogP contribution in [0.5, 0.6) is 0 Å². The fourth-order valence-electron chi connectivity index (χ4n) is 2.03. The van der Waals surface area contributed by atoms with Gasteiger partial charge in [-0.3, -0.25) is 4.79 Å². The topological polar surface area (TPSA) is 45.5 Å². The Bertz CT molecular complexity index is 605. The van der Waals surface area contributed by atoms with Crippen molar-refractivity contribution in [1.82, 2.24) is 10.2 Å². The van der Waals surface area contributed by atoms with E-state index in [1.54, 1.807) is 0 Å². The van der Waals surface area contributed by atoms with Gasteiger partial charge in [-0.2, -0.15) is 0 Å². The van der Waals surface area contributed by atoms with Crippen LogP contribution in [0.2, 0.25) is 5.02 Å². The fraction of sp³-hybridized carbons (Fsp3) is 0.353. The summed E-state index contributed by atoms with van der Waals surface area (Å²) in [7, 11) is 3.96. The molecule has 1 amide bonds. The summed E-state index contributed by atoms with van der Waals surface area (Å²) in [6.45, 7) is 1.51. The van der Waals surface area contributed by atoms with Crippen LogP contribution in [0.1, 0.15) is 12.2 Å². The summed E-state index contributed by atoms with van der Waals surface area (Å²) in [5.74, 6) is 1.65. The molecule has 2 aromatic rings. The normalized spacial score (nSPS) is 10.9. The van der Waals surface area contributed by atoms with Gasteiger partial charge in [0.15, 0.2) is 0 Å². The fourth-order valence-corrected chi connectivity index (χ4v) is 2.15. The second-order valence-electron chi connectivity index (χ2n) is 5.43. The van der Waals surface area contributed by atoms with Crippen molar-refractivity contribution in [1.29, 1.82) is 0 Å². The van der Waals surface area contributed by atoms with Gasteiger partial charge in [0, 0.05) is 36.5 Å². The first-order valence-electron chi connectivity index (χ1n) is 7.30. The predicted octanol–water partition coefficient (Wildman–Crippen LogP) is 3.21. The molecule has 0 aliphatic carbocycles. The highest BCUT2D eigenvalue weighted by Gasteiger charge is 2.07. The van der Waals surface area contributed by atoms with Gasteiger partial charge in [0.05, 0.1) is 0 Å². The lowest BCUT2D eigenvalue weighted by atomic mass is 10.2.